The molecule has 0 amide bonds. The van der Waals surface area contributed by atoms with Crippen LogP contribution >= 0.6 is 11.3 Å². The lowest BCUT2D eigenvalue weighted by atomic mass is 9.88. The van der Waals surface area contributed by atoms with E-state index in [0.29, 0.717) is 17.9 Å². The number of nitrogens with zero attached hydrogens (tertiary/aromatic N) is 2. The van der Waals surface area contributed by atoms with Crippen LogP contribution in [0.15, 0.2) is 24.4 Å². The van der Waals surface area contributed by atoms with E-state index in [0.717, 1.165) is 51.5 Å². The molecular formula is C23H23N3O3S. The Bertz CT molecular complexity index is 1270. The fourth-order valence-electron chi connectivity index (χ4n) is 4.57. The first-order chi connectivity index (χ1) is 14.6. The second kappa shape index (κ2) is 7.49. The molecular weight excluding hydrogens is 398 g/mol. The molecule has 1 aliphatic carbocycles. The number of carboxylic acid groups (broad SMARTS) is 1. The van der Waals surface area contributed by atoms with Crippen molar-refractivity contribution in [3.05, 3.63) is 46.1 Å². The summed E-state index contributed by atoms with van der Waals surface area (Å²) in [4.78, 5) is 19.4. The van der Waals surface area contributed by atoms with Gasteiger partial charge in [-0.1, -0.05) is 12.1 Å². The number of hydrogen-bond donors (Lipinski definition) is 2. The minimum absolute atomic E-state index is 0.315. The molecule has 0 bridgehead atoms. The number of benzene rings is 1. The van der Waals surface area contributed by atoms with Crippen molar-refractivity contribution >= 4 is 38.4 Å². The minimum atomic E-state index is -1.06. The molecule has 6 nitrogen and oxygen atoms in total. The molecule has 154 valence electrons. The Balaban J connectivity index is 1.89. The Labute approximate surface area is 177 Å². The highest BCUT2D eigenvalue weighted by molar-refractivity contribution is 7.19. The number of aliphatic carboxylic acids is 1. The van der Waals surface area contributed by atoms with Gasteiger partial charge in [-0.05, 0) is 56.7 Å². The summed E-state index contributed by atoms with van der Waals surface area (Å²) < 4.78 is 5.72. The summed E-state index contributed by atoms with van der Waals surface area (Å²) in [5.41, 5.74) is 5.52. The number of H-pyrrole nitrogens is 1. The second-order valence-corrected chi connectivity index (χ2v) is 8.81. The van der Waals surface area contributed by atoms with Crippen molar-refractivity contribution in [3.63, 3.8) is 0 Å². The van der Waals surface area contributed by atoms with Gasteiger partial charge in [-0.25, -0.2) is 9.78 Å². The van der Waals surface area contributed by atoms with Crippen LogP contribution in [-0.2, 0) is 22.4 Å². The molecule has 5 rings (SSSR count). The van der Waals surface area contributed by atoms with Crippen molar-refractivity contribution in [1.29, 1.82) is 0 Å². The second-order valence-electron chi connectivity index (χ2n) is 7.72. The topological polar surface area (TPSA) is 88.1 Å². The van der Waals surface area contributed by atoms with Crippen molar-refractivity contribution in [2.24, 2.45) is 0 Å². The maximum atomic E-state index is 12.2. The molecule has 30 heavy (non-hydrogen) atoms. The summed E-state index contributed by atoms with van der Waals surface area (Å²) in [6.45, 7) is 4.02. The van der Waals surface area contributed by atoms with E-state index in [9.17, 15) is 9.90 Å². The van der Waals surface area contributed by atoms with E-state index in [-0.39, 0.29) is 0 Å². The molecule has 2 N–H and O–H groups in total. The fourth-order valence-corrected chi connectivity index (χ4v) is 5.89. The van der Waals surface area contributed by atoms with E-state index >= 15 is 0 Å². The number of carbonyl (C=O) groups is 1. The van der Waals surface area contributed by atoms with Gasteiger partial charge < -0.3 is 9.84 Å². The number of ether oxygens (including phenoxy) is 1. The van der Waals surface area contributed by atoms with E-state index in [4.69, 9.17) is 9.72 Å². The van der Waals surface area contributed by atoms with Crippen molar-refractivity contribution in [3.8, 4) is 11.1 Å². The molecule has 0 fully saturated rings. The van der Waals surface area contributed by atoms with Gasteiger partial charge in [-0.15, -0.1) is 11.3 Å². The van der Waals surface area contributed by atoms with Crippen LogP contribution in [0.3, 0.4) is 0 Å². The SMILES string of the molecule is CCOC(C(=O)O)c1c(C)nc2sc3c(c2c1-c1ccc2cn[nH]c2c1)CCCC3. The zero-order valence-electron chi connectivity index (χ0n) is 17.0. The zero-order chi connectivity index (χ0) is 20.8. The molecule has 4 aromatic rings. The van der Waals surface area contributed by atoms with Crippen LogP contribution < -0.4 is 0 Å². The summed E-state index contributed by atoms with van der Waals surface area (Å²) in [6, 6.07) is 6.12. The van der Waals surface area contributed by atoms with E-state index in [1.54, 1.807) is 17.5 Å². The normalized spacial score (nSPS) is 14.9. The molecule has 3 heterocycles. The van der Waals surface area contributed by atoms with E-state index in [1.807, 2.05) is 26.0 Å². The highest BCUT2D eigenvalue weighted by atomic mass is 32.1. The van der Waals surface area contributed by atoms with Gasteiger partial charge in [0.15, 0.2) is 6.10 Å². The Hall–Kier alpha value is -2.77. The number of rotatable bonds is 5. The third-order valence-electron chi connectivity index (χ3n) is 5.88. The van der Waals surface area contributed by atoms with Crippen LogP contribution in [0.25, 0.3) is 32.2 Å². The molecule has 1 aromatic carbocycles. The predicted molar refractivity (Wildman–Crippen MR) is 118 cm³/mol. The van der Waals surface area contributed by atoms with Gasteiger partial charge in [-0.3, -0.25) is 5.10 Å². The van der Waals surface area contributed by atoms with Crippen LogP contribution in [0.5, 0.6) is 0 Å². The maximum Gasteiger partial charge on any atom is 0.337 e. The third kappa shape index (κ3) is 3.00. The highest BCUT2D eigenvalue weighted by Gasteiger charge is 2.31. The predicted octanol–water partition coefficient (Wildman–Crippen LogP) is 5.19. The summed E-state index contributed by atoms with van der Waals surface area (Å²) in [5, 5.41) is 19.3. The average molecular weight is 422 g/mol. The molecule has 1 atom stereocenters. The van der Waals surface area contributed by atoms with Gasteiger partial charge in [0.2, 0.25) is 0 Å². The lowest BCUT2D eigenvalue weighted by Gasteiger charge is -2.21. The first-order valence-electron chi connectivity index (χ1n) is 10.3. The van der Waals surface area contributed by atoms with Gasteiger partial charge in [0.1, 0.15) is 4.83 Å². The van der Waals surface area contributed by atoms with E-state index in [2.05, 4.69) is 16.3 Å². The van der Waals surface area contributed by atoms with Gasteiger partial charge in [0, 0.05) is 39.1 Å². The molecule has 3 aromatic heterocycles. The molecule has 1 aliphatic rings. The number of hydrogen-bond acceptors (Lipinski definition) is 5. The van der Waals surface area contributed by atoms with Gasteiger partial charge in [0.25, 0.3) is 0 Å². The molecule has 0 aliphatic heterocycles. The molecule has 7 heteroatoms. The van der Waals surface area contributed by atoms with Gasteiger partial charge in [0.05, 0.1) is 11.7 Å². The number of thiophene rings is 1. The Morgan fingerprint density at radius 3 is 2.97 bits per heavy atom. The molecule has 0 radical (unpaired) electrons. The average Bonchev–Trinajstić information content (AvgIpc) is 3.34. The van der Waals surface area contributed by atoms with Crippen molar-refractivity contribution in [2.45, 2.75) is 45.6 Å². The summed E-state index contributed by atoms with van der Waals surface area (Å²) in [6.07, 6.45) is 5.15. The lowest BCUT2D eigenvalue weighted by Crippen LogP contribution is -2.18. The zero-order valence-corrected chi connectivity index (χ0v) is 17.8. The van der Waals surface area contributed by atoms with Crippen LogP contribution in [0.1, 0.15) is 47.6 Å². The number of nitrogens with one attached hydrogen (secondary N) is 1. The van der Waals surface area contributed by atoms with Gasteiger partial charge in [-0.2, -0.15) is 5.10 Å². The molecule has 0 saturated heterocycles. The summed E-state index contributed by atoms with van der Waals surface area (Å²) >= 11 is 1.75. The largest absolute Gasteiger partial charge is 0.479 e. The first kappa shape index (κ1) is 19.2. The smallest absolute Gasteiger partial charge is 0.337 e. The Morgan fingerprint density at radius 2 is 2.17 bits per heavy atom. The number of aryl methyl sites for hydroxylation is 3. The van der Waals surface area contributed by atoms with Crippen LogP contribution in [0.4, 0.5) is 0 Å². The highest BCUT2D eigenvalue weighted by Crippen LogP contribution is 2.45. The van der Waals surface area contributed by atoms with E-state index < -0.39 is 12.1 Å². The number of pyridine rings is 1. The number of aromatic amines is 1. The molecule has 0 spiro atoms. The monoisotopic (exact) mass is 421 g/mol. The quantitative estimate of drug-likeness (QED) is 0.463. The van der Waals surface area contributed by atoms with Crippen molar-refractivity contribution in [1.82, 2.24) is 15.2 Å². The number of aromatic nitrogens is 3. The van der Waals surface area contributed by atoms with Gasteiger partial charge >= 0.3 is 5.97 Å². The summed E-state index contributed by atoms with van der Waals surface area (Å²) in [5.74, 6) is -0.992. The van der Waals surface area contributed by atoms with Crippen LogP contribution in [0.2, 0.25) is 0 Å². The fraction of sp³-hybridized carbons (Fsp3) is 0.348. The lowest BCUT2D eigenvalue weighted by molar-refractivity contribution is -0.150. The molecule has 1 unspecified atom stereocenters. The van der Waals surface area contributed by atoms with Crippen LogP contribution in [0, 0.1) is 6.92 Å². The standard InChI is InChI=1S/C23H23N3O3S/c1-3-29-21(23(27)28)18-12(2)25-22-20(15-6-4-5-7-17(15)30-22)19(18)13-8-9-14-11-24-26-16(14)10-13/h8-11,21H,3-7H2,1-2H3,(H,24,26)(H,27,28). The van der Waals surface area contributed by atoms with Crippen molar-refractivity contribution in [2.75, 3.05) is 6.61 Å². The maximum absolute atomic E-state index is 12.2. The number of fused-ring (bicyclic) bond motifs is 4. The number of carboxylic acids is 1. The Morgan fingerprint density at radius 1 is 1.33 bits per heavy atom. The molecule has 0 saturated carbocycles. The minimum Gasteiger partial charge on any atom is -0.479 e. The first-order valence-corrected chi connectivity index (χ1v) is 11.1. The van der Waals surface area contributed by atoms with E-state index in [1.165, 1.54) is 16.9 Å². The third-order valence-corrected chi connectivity index (χ3v) is 7.07. The Kier molecular flexibility index (Phi) is 4.79. The van der Waals surface area contributed by atoms with Crippen molar-refractivity contribution < 1.29 is 14.6 Å². The summed E-state index contributed by atoms with van der Waals surface area (Å²) in [7, 11) is 0. The van der Waals surface area contributed by atoms with Crippen LogP contribution in [-0.4, -0.2) is 32.9 Å².